The highest BCUT2D eigenvalue weighted by atomic mass is 32.2. The largest absolute Gasteiger partial charge is 0.550 e. The van der Waals surface area contributed by atoms with Crippen LogP contribution in [0.25, 0.3) is 6.08 Å². The number of carbonyl (C=O) groups is 2. The molecule has 124 valence electrons. The van der Waals surface area contributed by atoms with Crippen LogP contribution in [-0.2, 0) is 9.59 Å². The van der Waals surface area contributed by atoms with Crippen molar-refractivity contribution < 1.29 is 14.7 Å². The second-order valence-corrected chi connectivity index (χ2v) is 7.42. The van der Waals surface area contributed by atoms with Gasteiger partial charge in [0.25, 0.3) is 5.91 Å². The van der Waals surface area contributed by atoms with Gasteiger partial charge in [-0.2, -0.15) is 0 Å². The first-order valence-electron chi connectivity index (χ1n) is 7.36. The van der Waals surface area contributed by atoms with Crippen LogP contribution in [0.1, 0.15) is 43.3 Å². The third kappa shape index (κ3) is 3.67. The first-order valence-corrected chi connectivity index (χ1v) is 8.58. The summed E-state index contributed by atoms with van der Waals surface area (Å²) in [5.74, 6) is -1.43. The summed E-state index contributed by atoms with van der Waals surface area (Å²) < 4.78 is 2.60. The van der Waals surface area contributed by atoms with E-state index < -0.39 is 5.97 Å². The topological polar surface area (TPSA) is 65.4 Å². The molecule has 7 heteroatoms. The number of amides is 1. The van der Waals surface area contributed by atoms with E-state index in [9.17, 15) is 14.7 Å². The highest BCUT2D eigenvalue weighted by Gasteiger charge is 2.31. The lowest BCUT2D eigenvalue weighted by molar-refractivity contribution is -0.305. The third-order valence-corrected chi connectivity index (χ3v) is 5.12. The highest BCUT2D eigenvalue weighted by Crippen LogP contribution is 2.34. The molecule has 1 saturated heterocycles. The van der Waals surface area contributed by atoms with Crippen LogP contribution in [0.5, 0.6) is 0 Å². The lowest BCUT2D eigenvalue weighted by Gasteiger charge is -2.14. The van der Waals surface area contributed by atoms with Crippen molar-refractivity contribution in [2.24, 2.45) is 0 Å². The Morgan fingerprint density at radius 1 is 1.43 bits per heavy atom. The standard InChI is InChI=1S/C16H20N2O3S2/c1-9(2)18-10(3)7-12(11(18)4)8-13-15(21)17(16(22)23-13)6-5-14(19)20/h7-9H,5-6H2,1-4H3,(H,19,20)/p-1/b13-8-. The number of rotatable bonds is 5. The van der Waals surface area contributed by atoms with Gasteiger partial charge in [0.15, 0.2) is 0 Å². The van der Waals surface area contributed by atoms with Crippen LogP contribution in [0.4, 0.5) is 0 Å². The SMILES string of the molecule is Cc1cc(/C=C2\SC(=S)N(CCC(=O)[O-])C2=O)c(C)n1C(C)C. The molecule has 1 amide bonds. The minimum absolute atomic E-state index is 0.0509. The number of hydrogen-bond acceptors (Lipinski definition) is 5. The molecule has 0 atom stereocenters. The second kappa shape index (κ2) is 6.88. The van der Waals surface area contributed by atoms with Crippen LogP contribution in [0.2, 0.25) is 0 Å². The van der Waals surface area contributed by atoms with Crippen LogP contribution in [-0.4, -0.2) is 32.2 Å². The molecule has 0 radical (unpaired) electrons. The van der Waals surface area contributed by atoms with E-state index in [2.05, 4.69) is 18.4 Å². The van der Waals surface area contributed by atoms with Crippen LogP contribution < -0.4 is 5.11 Å². The Labute approximate surface area is 145 Å². The fraction of sp³-hybridized carbons (Fsp3) is 0.438. The van der Waals surface area contributed by atoms with E-state index >= 15 is 0 Å². The Hall–Kier alpha value is -1.60. The summed E-state index contributed by atoms with van der Waals surface area (Å²) in [6.07, 6.45) is 1.61. The molecule has 2 heterocycles. The minimum atomic E-state index is -1.19. The van der Waals surface area contributed by atoms with Crippen LogP contribution in [0.3, 0.4) is 0 Å². The number of nitrogens with zero attached hydrogens (tertiary/aromatic N) is 2. The molecule has 1 aliphatic heterocycles. The molecule has 0 unspecified atom stereocenters. The summed E-state index contributed by atoms with van der Waals surface area (Å²) in [5, 5.41) is 10.6. The van der Waals surface area contributed by atoms with Gasteiger partial charge in [-0.1, -0.05) is 24.0 Å². The third-order valence-electron chi connectivity index (χ3n) is 3.74. The summed E-state index contributed by atoms with van der Waals surface area (Å²) in [7, 11) is 0. The number of carboxylic acid groups (broad SMARTS) is 1. The van der Waals surface area contributed by atoms with E-state index in [1.807, 2.05) is 26.0 Å². The summed E-state index contributed by atoms with van der Waals surface area (Å²) in [6.45, 7) is 8.34. The van der Waals surface area contributed by atoms with Gasteiger partial charge in [0, 0.05) is 36.4 Å². The van der Waals surface area contributed by atoms with E-state index in [0.29, 0.717) is 15.3 Å². The van der Waals surface area contributed by atoms with Crippen molar-refractivity contribution in [2.75, 3.05) is 6.54 Å². The predicted octanol–water partition coefficient (Wildman–Crippen LogP) is 2.03. The number of carboxylic acids is 1. The van der Waals surface area contributed by atoms with Crippen molar-refractivity contribution in [3.63, 3.8) is 0 Å². The number of aliphatic carboxylic acids is 1. The van der Waals surface area contributed by atoms with Gasteiger partial charge in [-0.15, -0.1) is 0 Å². The quantitative estimate of drug-likeness (QED) is 0.600. The van der Waals surface area contributed by atoms with Crippen molar-refractivity contribution in [3.05, 3.63) is 27.9 Å². The van der Waals surface area contributed by atoms with Gasteiger partial charge in [-0.3, -0.25) is 9.69 Å². The average Bonchev–Trinajstić information content (AvgIpc) is 2.85. The second-order valence-electron chi connectivity index (χ2n) is 5.75. The molecule has 1 aromatic heterocycles. The number of carbonyl (C=O) groups excluding carboxylic acids is 2. The van der Waals surface area contributed by atoms with Gasteiger partial charge >= 0.3 is 0 Å². The fourth-order valence-corrected chi connectivity index (χ4v) is 4.08. The maximum Gasteiger partial charge on any atom is 0.266 e. The Morgan fingerprint density at radius 3 is 2.61 bits per heavy atom. The summed E-state index contributed by atoms with van der Waals surface area (Å²) in [6, 6.07) is 2.39. The molecule has 1 aliphatic rings. The molecule has 23 heavy (non-hydrogen) atoms. The van der Waals surface area contributed by atoms with Crippen molar-refractivity contribution in [2.45, 2.75) is 40.2 Å². The zero-order valence-corrected chi connectivity index (χ0v) is 15.2. The van der Waals surface area contributed by atoms with Crippen LogP contribution >= 0.6 is 24.0 Å². The van der Waals surface area contributed by atoms with Gasteiger partial charge in [-0.05, 0) is 45.4 Å². The molecule has 1 aromatic rings. The highest BCUT2D eigenvalue weighted by molar-refractivity contribution is 8.26. The van der Waals surface area contributed by atoms with Crippen molar-refractivity contribution in [1.29, 1.82) is 0 Å². The Kier molecular flexibility index (Phi) is 5.31. The number of aromatic nitrogens is 1. The lowest BCUT2D eigenvalue weighted by Crippen LogP contribution is -2.33. The zero-order valence-electron chi connectivity index (χ0n) is 13.6. The van der Waals surface area contributed by atoms with E-state index in [4.69, 9.17) is 12.2 Å². The molecule has 5 nitrogen and oxygen atoms in total. The molecule has 0 aromatic carbocycles. The lowest BCUT2D eigenvalue weighted by atomic mass is 10.2. The Morgan fingerprint density at radius 2 is 2.09 bits per heavy atom. The van der Waals surface area contributed by atoms with E-state index in [0.717, 1.165) is 17.0 Å². The van der Waals surface area contributed by atoms with Crippen LogP contribution in [0.15, 0.2) is 11.0 Å². The average molecular weight is 351 g/mol. The van der Waals surface area contributed by atoms with Crippen LogP contribution in [0, 0.1) is 13.8 Å². The monoisotopic (exact) mass is 351 g/mol. The molecular formula is C16H19N2O3S2-. The summed E-state index contributed by atoms with van der Waals surface area (Å²) in [5.41, 5.74) is 3.21. The summed E-state index contributed by atoms with van der Waals surface area (Å²) >= 11 is 6.38. The molecule has 0 spiro atoms. The number of thiocarbonyl (C=S) groups is 1. The maximum absolute atomic E-state index is 12.4. The maximum atomic E-state index is 12.4. The van der Waals surface area contributed by atoms with E-state index in [1.165, 1.54) is 16.7 Å². The molecule has 1 fully saturated rings. The van der Waals surface area contributed by atoms with Crippen molar-refractivity contribution in [1.82, 2.24) is 9.47 Å². The van der Waals surface area contributed by atoms with E-state index in [-0.39, 0.29) is 18.9 Å². The van der Waals surface area contributed by atoms with Gasteiger partial charge in [-0.25, -0.2) is 0 Å². The predicted molar refractivity (Wildman–Crippen MR) is 93.8 cm³/mol. The molecule has 0 saturated carbocycles. The number of aryl methyl sites for hydroxylation is 1. The van der Waals surface area contributed by atoms with Crippen molar-refractivity contribution in [3.8, 4) is 0 Å². The fourth-order valence-electron chi connectivity index (χ4n) is 2.78. The molecule has 0 aliphatic carbocycles. The van der Waals surface area contributed by atoms with Gasteiger partial charge < -0.3 is 14.5 Å². The number of thioether (sulfide) groups is 1. The van der Waals surface area contributed by atoms with Gasteiger partial charge in [0.1, 0.15) is 4.32 Å². The Bertz CT molecular complexity index is 704. The van der Waals surface area contributed by atoms with Crippen molar-refractivity contribution >= 4 is 46.3 Å². The van der Waals surface area contributed by atoms with Gasteiger partial charge in [0.05, 0.1) is 4.91 Å². The zero-order chi connectivity index (χ0) is 17.3. The summed E-state index contributed by atoms with van der Waals surface area (Å²) in [4.78, 5) is 24.8. The number of hydrogen-bond donors (Lipinski definition) is 0. The molecule has 0 N–H and O–H groups in total. The Balaban J connectivity index is 2.28. The molecule has 2 rings (SSSR count). The molecular weight excluding hydrogens is 332 g/mol. The first kappa shape index (κ1) is 17.7. The molecule has 0 bridgehead atoms. The first-order chi connectivity index (χ1) is 10.7. The smallest absolute Gasteiger partial charge is 0.266 e. The normalized spacial score (nSPS) is 16.9. The van der Waals surface area contributed by atoms with Gasteiger partial charge in [0.2, 0.25) is 0 Å². The minimum Gasteiger partial charge on any atom is -0.550 e. The van der Waals surface area contributed by atoms with E-state index in [1.54, 1.807) is 0 Å².